The van der Waals surface area contributed by atoms with Crippen molar-refractivity contribution in [2.24, 2.45) is 0 Å². The summed E-state index contributed by atoms with van der Waals surface area (Å²) in [5, 5.41) is 14.1. The van der Waals surface area contributed by atoms with Crippen LogP contribution in [0.25, 0.3) is 11.3 Å². The van der Waals surface area contributed by atoms with E-state index in [1.165, 1.54) is 11.3 Å². The van der Waals surface area contributed by atoms with E-state index in [0.717, 1.165) is 22.4 Å². The van der Waals surface area contributed by atoms with Gasteiger partial charge in [-0.1, -0.05) is 60.2 Å². The van der Waals surface area contributed by atoms with Crippen LogP contribution in [0.4, 0.5) is 0 Å². The third-order valence-electron chi connectivity index (χ3n) is 3.90. The van der Waals surface area contributed by atoms with Gasteiger partial charge in [0.1, 0.15) is 0 Å². The van der Waals surface area contributed by atoms with Gasteiger partial charge in [-0.15, -0.1) is 11.3 Å². The van der Waals surface area contributed by atoms with Gasteiger partial charge in [-0.3, -0.25) is 9.59 Å². The van der Waals surface area contributed by atoms with Crippen molar-refractivity contribution >= 4 is 23.2 Å². The molecule has 26 heavy (non-hydrogen) atoms. The van der Waals surface area contributed by atoms with Crippen molar-refractivity contribution < 1.29 is 14.7 Å². The number of aryl methyl sites for hydroxylation is 1. The third-order valence-corrected chi connectivity index (χ3v) is 4.74. The van der Waals surface area contributed by atoms with Crippen molar-refractivity contribution in [3.8, 4) is 11.3 Å². The van der Waals surface area contributed by atoms with Gasteiger partial charge >= 0.3 is 5.97 Å². The number of hydrogen-bond donors (Lipinski definition) is 2. The standard InChI is InChI=1S/C20H18N2O3S/c1-13-6-5-9-15(10-13)16(11-18(23)24)21-19(25)20-22-17(12-26-20)14-7-3-2-4-8-14/h2-10,12,16H,11H2,1H3,(H,21,25)(H,23,24). The van der Waals surface area contributed by atoms with Crippen LogP contribution in [0.5, 0.6) is 0 Å². The van der Waals surface area contributed by atoms with Gasteiger partial charge in [0.25, 0.3) is 5.91 Å². The Kier molecular flexibility index (Phi) is 5.43. The zero-order valence-corrected chi connectivity index (χ0v) is 15.0. The number of hydrogen-bond acceptors (Lipinski definition) is 4. The zero-order valence-electron chi connectivity index (χ0n) is 14.2. The first-order chi connectivity index (χ1) is 12.5. The number of carboxylic acids is 1. The average molecular weight is 366 g/mol. The lowest BCUT2D eigenvalue weighted by atomic mass is 10.0. The molecule has 1 amide bonds. The highest BCUT2D eigenvalue weighted by atomic mass is 32.1. The predicted octanol–water partition coefficient (Wildman–Crippen LogP) is 4.06. The normalized spacial score (nSPS) is 11.7. The summed E-state index contributed by atoms with van der Waals surface area (Å²) in [5.74, 6) is -1.34. The van der Waals surface area contributed by atoms with E-state index in [2.05, 4.69) is 10.3 Å². The molecule has 0 aliphatic rings. The fourth-order valence-electron chi connectivity index (χ4n) is 2.65. The maximum absolute atomic E-state index is 12.6. The lowest BCUT2D eigenvalue weighted by Gasteiger charge is -2.17. The van der Waals surface area contributed by atoms with Crippen LogP contribution in [0, 0.1) is 6.92 Å². The van der Waals surface area contributed by atoms with Crippen molar-refractivity contribution in [1.82, 2.24) is 10.3 Å². The molecule has 0 fully saturated rings. The summed E-state index contributed by atoms with van der Waals surface area (Å²) in [5.41, 5.74) is 3.43. The second kappa shape index (κ2) is 7.93. The summed E-state index contributed by atoms with van der Waals surface area (Å²) in [4.78, 5) is 28.2. The van der Waals surface area contributed by atoms with E-state index in [1.54, 1.807) is 0 Å². The van der Waals surface area contributed by atoms with Gasteiger partial charge in [-0.25, -0.2) is 4.98 Å². The fourth-order valence-corrected chi connectivity index (χ4v) is 3.38. The van der Waals surface area contributed by atoms with E-state index in [4.69, 9.17) is 0 Å². The molecular formula is C20H18N2O3S. The number of nitrogens with one attached hydrogen (secondary N) is 1. The third kappa shape index (κ3) is 4.34. The number of benzene rings is 2. The van der Waals surface area contributed by atoms with Crippen LogP contribution < -0.4 is 5.32 Å². The quantitative estimate of drug-likeness (QED) is 0.689. The van der Waals surface area contributed by atoms with Crippen LogP contribution >= 0.6 is 11.3 Å². The number of amides is 1. The second-order valence-corrected chi connectivity index (χ2v) is 6.80. The minimum atomic E-state index is -0.971. The molecule has 0 saturated heterocycles. The summed E-state index contributed by atoms with van der Waals surface area (Å²) >= 11 is 1.24. The van der Waals surface area contributed by atoms with Crippen LogP contribution in [-0.2, 0) is 4.79 Å². The van der Waals surface area contributed by atoms with Gasteiger partial charge in [0, 0.05) is 10.9 Å². The van der Waals surface area contributed by atoms with Gasteiger partial charge in [-0.05, 0) is 12.5 Å². The van der Waals surface area contributed by atoms with Gasteiger partial charge in [0.05, 0.1) is 18.2 Å². The molecule has 3 rings (SSSR count). The van der Waals surface area contributed by atoms with E-state index in [9.17, 15) is 14.7 Å². The molecule has 1 atom stereocenters. The van der Waals surface area contributed by atoms with Crippen molar-refractivity contribution in [2.45, 2.75) is 19.4 Å². The van der Waals surface area contributed by atoms with Crippen LogP contribution in [0.1, 0.15) is 33.4 Å². The van der Waals surface area contributed by atoms with Crippen LogP contribution in [-0.4, -0.2) is 22.0 Å². The molecule has 1 unspecified atom stereocenters. The minimum absolute atomic E-state index is 0.188. The molecule has 3 aromatic rings. The van der Waals surface area contributed by atoms with Crippen molar-refractivity contribution in [1.29, 1.82) is 0 Å². The SMILES string of the molecule is Cc1cccc(C(CC(=O)O)NC(=O)c2nc(-c3ccccc3)cs2)c1. The highest BCUT2D eigenvalue weighted by Crippen LogP contribution is 2.23. The molecule has 1 heterocycles. The summed E-state index contributed by atoms with van der Waals surface area (Å²) in [6.07, 6.45) is -0.188. The van der Waals surface area contributed by atoms with Crippen molar-refractivity contribution in [3.63, 3.8) is 0 Å². The average Bonchev–Trinajstić information content (AvgIpc) is 3.12. The molecule has 2 N–H and O–H groups in total. The molecular weight excluding hydrogens is 348 g/mol. The van der Waals surface area contributed by atoms with Crippen LogP contribution in [0.15, 0.2) is 60.0 Å². The van der Waals surface area contributed by atoms with E-state index in [1.807, 2.05) is 66.9 Å². The van der Waals surface area contributed by atoms with E-state index < -0.39 is 12.0 Å². The fraction of sp³-hybridized carbons (Fsp3) is 0.150. The van der Waals surface area contributed by atoms with Gasteiger partial charge in [0.15, 0.2) is 5.01 Å². The molecule has 0 radical (unpaired) electrons. The molecule has 132 valence electrons. The summed E-state index contributed by atoms with van der Waals surface area (Å²) in [6.45, 7) is 1.93. The molecule has 0 bridgehead atoms. The molecule has 6 heteroatoms. The molecule has 2 aromatic carbocycles. The van der Waals surface area contributed by atoms with E-state index in [-0.39, 0.29) is 12.3 Å². The summed E-state index contributed by atoms with van der Waals surface area (Å²) in [7, 11) is 0. The number of thiazole rings is 1. The Labute approximate surface area is 155 Å². The Morgan fingerprint density at radius 2 is 1.92 bits per heavy atom. The van der Waals surface area contributed by atoms with Crippen molar-refractivity contribution in [2.75, 3.05) is 0 Å². The number of aromatic nitrogens is 1. The lowest BCUT2D eigenvalue weighted by Crippen LogP contribution is -2.30. The molecule has 5 nitrogen and oxygen atoms in total. The highest BCUT2D eigenvalue weighted by molar-refractivity contribution is 7.12. The maximum atomic E-state index is 12.6. The summed E-state index contributed by atoms with van der Waals surface area (Å²) in [6, 6.07) is 16.5. The zero-order chi connectivity index (χ0) is 18.5. The number of carbonyl (C=O) groups excluding carboxylic acids is 1. The Bertz CT molecular complexity index is 922. The van der Waals surface area contributed by atoms with Crippen molar-refractivity contribution in [3.05, 3.63) is 76.1 Å². The summed E-state index contributed by atoms with van der Waals surface area (Å²) < 4.78 is 0. The monoisotopic (exact) mass is 366 g/mol. The minimum Gasteiger partial charge on any atom is -0.481 e. The first-order valence-electron chi connectivity index (χ1n) is 8.13. The first kappa shape index (κ1) is 17.8. The largest absolute Gasteiger partial charge is 0.481 e. The Morgan fingerprint density at radius 3 is 2.62 bits per heavy atom. The molecule has 0 spiro atoms. The Morgan fingerprint density at radius 1 is 1.15 bits per heavy atom. The van der Waals surface area contributed by atoms with Gasteiger partial charge in [-0.2, -0.15) is 0 Å². The molecule has 0 saturated carbocycles. The van der Waals surface area contributed by atoms with Gasteiger partial charge in [0.2, 0.25) is 0 Å². The second-order valence-electron chi connectivity index (χ2n) is 5.94. The topological polar surface area (TPSA) is 79.3 Å². The number of rotatable bonds is 6. The smallest absolute Gasteiger partial charge is 0.305 e. The van der Waals surface area contributed by atoms with E-state index in [0.29, 0.717) is 5.01 Å². The number of carboxylic acid groups (broad SMARTS) is 1. The number of nitrogens with zero attached hydrogens (tertiary/aromatic N) is 1. The van der Waals surface area contributed by atoms with E-state index >= 15 is 0 Å². The Balaban J connectivity index is 1.80. The number of carbonyl (C=O) groups is 2. The molecule has 0 aliphatic heterocycles. The first-order valence-corrected chi connectivity index (χ1v) is 9.01. The number of aliphatic carboxylic acids is 1. The molecule has 0 aliphatic carbocycles. The maximum Gasteiger partial charge on any atom is 0.305 e. The highest BCUT2D eigenvalue weighted by Gasteiger charge is 2.21. The van der Waals surface area contributed by atoms with Crippen LogP contribution in [0.3, 0.4) is 0 Å². The van der Waals surface area contributed by atoms with Gasteiger partial charge < -0.3 is 10.4 Å². The van der Waals surface area contributed by atoms with Crippen LogP contribution in [0.2, 0.25) is 0 Å². The Hall–Kier alpha value is -2.99. The molecule has 1 aromatic heterocycles. The predicted molar refractivity (Wildman–Crippen MR) is 101 cm³/mol. The lowest BCUT2D eigenvalue weighted by molar-refractivity contribution is -0.137.